The van der Waals surface area contributed by atoms with E-state index in [2.05, 4.69) is 10.3 Å². The maximum Gasteiger partial charge on any atom is 0.394 e. The van der Waals surface area contributed by atoms with Crippen LogP contribution in [0.25, 0.3) is 11.1 Å². The predicted molar refractivity (Wildman–Crippen MR) is 67.8 cm³/mol. The minimum Gasteiger partial charge on any atom is -0.447 e. The largest absolute Gasteiger partial charge is 0.447 e. The highest BCUT2D eigenvalue weighted by Crippen LogP contribution is 2.22. The first kappa shape index (κ1) is 12.2. The molecule has 1 N–H and O–H groups in total. The van der Waals surface area contributed by atoms with Gasteiger partial charge < -0.3 is 14.5 Å². The van der Waals surface area contributed by atoms with Crippen molar-refractivity contribution in [3.05, 3.63) is 24.3 Å². The zero-order chi connectivity index (χ0) is 10.8. The molecule has 0 aliphatic carbocycles. The normalized spacial score (nSPS) is 16.7. The van der Waals surface area contributed by atoms with Gasteiger partial charge in [-0.25, -0.2) is 0 Å². The Bertz CT molecular complexity index is 447. The molecule has 2 aromatic rings. The van der Waals surface area contributed by atoms with Crippen LogP contribution in [0.5, 0.6) is 6.08 Å². The highest BCUT2D eigenvalue weighted by molar-refractivity contribution is 5.85. The third-order valence-corrected chi connectivity index (χ3v) is 2.83. The van der Waals surface area contributed by atoms with Crippen LogP contribution in [0.2, 0.25) is 0 Å². The van der Waals surface area contributed by atoms with Gasteiger partial charge in [0.1, 0.15) is 11.6 Å². The maximum atomic E-state index is 5.72. The number of fused-ring (bicyclic) bond motifs is 1. The summed E-state index contributed by atoms with van der Waals surface area (Å²) < 4.78 is 11.2. The Morgan fingerprint density at radius 3 is 2.76 bits per heavy atom. The molecule has 0 saturated carbocycles. The summed E-state index contributed by atoms with van der Waals surface area (Å²) in [6.45, 7) is 2.01. The number of aromatic nitrogens is 1. The lowest BCUT2D eigenvalue weighted by atomic mass is 10.1. The Hall–Kier alpha value is -1.26. The second kappa shape index (κ2) is 5.38. The number of hydrogen-bond donors (Lipinski definition) is 1. The molecule has 92 valence electrons. The standard InChI is InChI=1S/C12H14N2O2.ClH/c1-2-4-11-10(3-1)14-12(16-11)15-9-5-7-13-8-6-9;/h1-4,9,13H,5-8H2;1H. The van der Waals surface area contributed by atoms with Crippen LogP contribution in [0.4, 0.5) is 0 Å². The summed E-state index contributed by atoms with van der Waals surface area (Å²) in [6, 6.07) is 7.70. The average molecular weight is 255 g/mol. The zero-order valence-corrected chi connectivity index (χ0v) is 10.2. The first-order chi connectivity index (χ1) is 7.92. The lowest BCUT2D eigenvalue weighted by molar-refractivity contribution is 0.121. The molecule has 1 aliphatic heterocycles. The molecule has 1 saturated heterocycles. The van der Waals surface area contributed by atoms with Gasteiger partial charge in [0.15, 0.2) is 5.58 Å². The zero-order valence-electron chi connectivity index (χ0n) is 9.39. The van der Waals surface area contributed by atoms with Crippen LogP contribution >= 0.6 is 12.4 Å². The summed E-state index contributed by atoms with van der Waals surface area (Å²) >= 11 is 0. The van der Waals surface area contributed by atoms with Crippen molar-refractivity contribution in [3.63, 3.8) is 0 Å². The van der Waals surface area contributed by atoms with E-state index >= 15 is 0 Å². The van der Waals surface area contributed by atoms with Crippen molar-refractivity contribution >= 4 is 23.5 Å². The second-order valence-corrected chi connectivity index (χ2v) is 4.01. The molecule has 5 heteroatoms. The number of ether oxygens (including phenoxy) is 1. The molecular weight excluding hydrogens is 240 g/mol. The van der Waals surface area contributed by atoms with E-state index in [1.807, 2.05) is 24.3 Å². The molecule has 17 heavy (non-hydrogen) atoms. The maximum absolute atomic E-state index is 5.72. The van der Waals surface area contributed by atoms with E-state index in [4.69, 9.17) is 9.15 Å². The minimum absolute atomic E-state index is 0. The number of benzene rings is 1. The van der Waals surface area contributed by atoms with Crippen LogP contribution < -0.4 is 10.1 Å². The Balaban J connectivity index is 0.00000108. The molecule has 0 amide bonds. The molecule has 2 heterocycles. The third-order valence-electron chi connectivity index (χ3n) is 2.83. The molecule has 0 spiro atoms. The van der Waals surface area contributed by atoms with Gasteiger partial charge in [0, 0.05) is 0 Å². The van der Waals surface area contributed by atoms with Gasteiger partial charge in [0.25, 0.3) is 0 Å². The number of oxazole rings is 1. The summed E-state index contributed by atoms with van der Waals surface area (Å²) in [5.74, 6) is 0. The van der Waals surface area contributed by atoms with E-state index in [-0.39, 0.29) is 18.5 Å². The lowest BCUT2D eigenvalue weighted by Crippen LogP contribution is -2.34. The number of rotatable bonds is 2. The molecule has 0 radical (unpaired) electrons. The van der Waals surface area contributed by atoms with Gasteiger partial charge in [-0.3, -0.25) is 0 Å². The van der Waals surface area contributed by atoms with Crippen molar-refractivity contribution in [1.82, 2.24) is 10.3 Å². The van der Waals surface area contributed by atoms with Gasteiger partial charge in [0.2, 0.25) is 0 Å². The molecule has 1 aromatic carbocycles. The van der Waals surface area contributed by atoms with Gasteiger partial charge in [-0.15, -0.1) is 12.4 Å². The Morgan fingerprint density at radius 1 is 1.24 bits per heavy atom. The molecule has 1 aliphatic rings. The van der Waals surface area contributed by atoms with Crippen LogP contribution in [-0.4, -0.2) is 24.2 Å². The van der Waals surface area contributed by atoms with Crippen LogP contribution in [0.1, 0.15) is 12.8 Å². The van der Waals surface area contributed by atoms with E-state index in [0.29, 0.717) is 6.08 Å². The van der Waals surface area contributed by atoms with E-state index in [0.717, 1.165) is 37.0 Å². The summed E-state index contributed by atoms with van der Waals surface area (Å²) in [5.41, 5.74) is 1.64. The topological polar surface area (TPSA) is 47.3 Å². The third kappa shape index (κ3) is 2.70. The molecule has 0 atom stereocenters. The average Bonchev–Trinajstić information content (AvgIpc) is 2.72. The molecule has 1 fully saturated rings. The van der Waals surface area contributed by atoms with E-state index in [9.17, 15) is 0 Å². The molecule has 1 aromatic heterocycles. The highest BCUT2D eigenvalue weighted by atomic mass is 35.5. The minimum atomic E-state index is 0. The van der Waals surface area contributed by atoms with Crippen LogP contribution in [-0.2, 0) is 0 Å². The number of para-hydroxylation sites is 2. The second-order valence-electron chi connectivity index (χ2n) is 4.01. The smallest absolute Gasteiger partial charge is 0.394 e. The first-order valence-electron chi connectivity index (χ1n) is 5.65. The van der Waals surface area contributed by atoms with Gasteiger partial charge in [-0.2, -0.15) is 4.98 Å². The van der Waals surface area contributed by atoms with Gasteiger partial charge >= 0.3 is 6.08 Å². The van der Waals surface area contributed by atoms with Crippen molar-refractivity contribution in [1.29, 1.82) is 0 Å². The fourth-order valence-corrected chi connectivity index (χ4v) is 1.96. The lowest BCUT2D eigenvalue weighted by Gasteiger charge is -2.21. The van der Waals surface area contributed by atoms with E-state index < -0.39 is 0 Å². The molecular formula is C12H15ClN2O2. The van der Waals surface area contributed by atoms with Crippen molar-refractivity contribution in [2.24, 2.45) is 0 Å². The fraction of sp³-hybridized carbons (Fsp3) is 0.417. The van der Waals surface area contributed by atoms with E-state index in [1.165, 1.54) is 0 Å². The molecule has 0 bridgehead atoms. The number of hydrogen-bond acceptors (Lipinski definition) is 4. The number of nitrogens with zero attached hydrogens (tertiary/aromatic N) is 1. The number of nitrogens with one attached hydrogen (secondary N) is 1. The first-order valence-corrected chi connectivity index (χ1v) is 5.65. The summed E-state index contributed by atoms with van der Waals surface area (Å²) in [4.78, 5) is 4.30. The summed E-state index contributed by atoms with van der Waals surface area (Å²) in [6.07, 6.45) is 2.65. The van der Waals surface area contributed by atoms with Gasteiger partial charge in [-0.1, -0.05) is 12.1 Å². The van der Waals surface area contributed by atoms with Crippen LogP contribution in [0.3, 0.4) is 0 Å². The van der Waals surface area contributed by atoms with Crippen molar-refractivity contribution < 1.29 is 9.15 Å². The van der Waals surface area contributed by atoms with Crippen LogP contribution in [0.15, 0.2) is 28.7 Å². The highest BCUT2D eigenvalue weighted by Gasteiger charge is 2.17. The number of halogens is 1. The molecule has 4 nitrogen and oxygen atoms in total. The Kier molecular flexibility index (Phi) is 3.86. The summed E-state index contributed by atoms with van der Waals surface area (Å²) in [5, 5.41) is 3.30. The van der Waals surface area contributed by atoms with Crippen molar-refractivity contribution in [2.45, 2.75) is 18.9 Å². The van der Waals surface area contributed by atoms with Crippen molar-refractivity contribution in [2.75, 3.05) is 13.1 Å². The quantitative estimate of drug-likeness (QED) is 0.894. The van der Waals surface area contributed by atoms with Gasteiger partial charge in [-0.05, 0) is 38.1 Å². The molecule has 3 rings (SSSR count). The Morgan fingerprint density at radius 2 is 2.00 bits per heavy atom. The summed E-state index contributed by atoms with van der Waals surface area (Å²) in [7, 11) is 0. The van der Waals surface area contributed by atoms with Crippen molar-refractivity contribution in [3.8, 4) is 6.08 Å². The van der Waals surface area contributed by atoms with E-state index in [1.54, 1.807) is 0 Å². The predicted octanol–water partition coefficient (Wildman–Crippen LogP) is 2.38. The monoisotopic (exact) mass is 254 g/mol. The number of piperidine rings is 1. The van der Waals surface area contributed by atoms with Crippen LogP contribution in [0, 0.1) is 0 Å². The SMILES string of the molecule is Cl.c1ccc2oc(OC3CCNCC3)nc2c1. The molecule has 0 unspecified atom stereocenters. The fourth-order valence-electron chi connectivity index (χ4n) is 1.96. The van der Waals surface area contributed by atoms with Gasteiger partial charge in [0.05, 0.1) is 0 Å². The Labute approximate surface area is 106 Å².